The van der Waals surface area contributed by atoms with Crippen molar-refractivity contribution in [2.75, 3.05) is 4.90 Å². The van der Waals surface area contributed by atoms with Gasteiger partial charge in [0, 0.05) is 0 Å². The number of anilines is 1. The molecule has 1 heterocycles. The van der Waals surface area contributed by atoms with Crippen LogP contribution in [0.25, 0.3) is 0 Å². The van der Waals surface area contributed by atoms with Gasteiger partial charge in [0.15, 0.2) is 0 Å². The van der Waals surface area contributed by atoms with Gasteiger partial charge in [0.1, 0.15) is 9.75 Å². The molecule has 0 saturated carbocycles. The molecule has 7 rings (SSSR count). The Labute approximate surface area is 196 Å². The number of nitrogens with zero attached hydrogens (tertiary/aromatic N) is 1. The number of hydrogen-bond donors (Lipinski definition) is 0. The van der Waals surface area contributed by atoms with E-state index in [0.29, 0.717) is 27.2 Å². The summed E-state index contributed by atoms with van der Waals surface area (Å²) in [6.07, 6.45) is -4.76. The van der Waals surface area contributed by atoms with Gasteiger partial charge in [-0.2, -0.15) is 13.2 Å². The molecule has 2 atom stereocenters. The molecule has 33 heavy (non-hydrogen) atoms. The van der Waals surface area contributed by atoms with Crippen LogP contribution >= 0.6 is 23.2 Å². The zero-order chi connectivity index (χ0) is 23.3. The summed E-state index contributed by atoms with van der Waals surface area (Å²) in [4.78, 5) is 25.3. The summed E-state index contributed by atoms with van der Waals surface area (Å²) >= 11 is 14.6. The van der Waals surface area contributed by atoms with Crippen LogP contribution < -0.4 is 4.90 Å². The lowest BCUT2D eigenvalue weighted by Gasteiger charge is -2.54. The highest BCUT2D eigenvalue weighted by Gasteiger charge is 2.73. The molecule has 2 bridgehead atoms. The van der Waals surface area contributed by atoms with E-state index >= 15 is 0 Å². The number of carbonyl (C=O) groups is 2. The van der Waals surface area contributed by atoms with Crippen molar-refractivity contribution in [1.29, 1.82) is 0 Å². The molecule has 166 valence electrons. The van der Waals surface area contributed by atoms with Gasteiger partial charge in [-0.3, -0.25) is 9.59 Å². The van der Waals surface area contributed by atoms with Crippen LogP contribution in [0.15, 0.2) is 72.8 Å². The SMILES string of the molecule is O=C1[C@@H]2[C@H](C(=O)N1c1ccccc1C(F)(F)F)C1(Cl)c3ccccc3C2(Cl)c2ccccc21. The zero-order valence-electron chi connectivity index (χ0n) is 16.7. The Balaban J connectivity index is 1.65. The molecule has 8 heteroatoms. The van der Waals surface area contributed by atoms with Crippen LogP contribution in [-0.4, -0.2) is 11.8 Å². The third kappa shape index (κ3) is 2.33. The summed E-state index contributed by atoms with van der Waals surface area (Å²) in [5, 5.41) is 0. The van der Waals surface area contributed by atoms with Gasteiger partial charge in [-0.05, 0) is 34.4 Å². The van der Waals surface area contributed by atoms with E-state index < -0.39 is 50.8 Å². The average molecular weight is 488 g/mol. The highest BCUT2D eigenvalue weighted by atomic mass is 35.5. The fraction of sp³-hybridized carbons (Fsp3) is 0.200. The van der Waals surface area contributed by atoms with Gasteiger partial charge < -0.3 is 0 Å². The van der Waals surface area contributed by atoms with Crippen LogP contribution in [0.3, 0.4) is 0 Å². The van der Waals surface area contributed by atoms with E-state index in [1.165, 1.54) is 12.1 Å². The first-order valence-electron chi connectivity index (χ1n) is 10.2. The first-order valence-corrected chi connectivity index (χ1v) is 11.0. The topological polar surface area (TPSA) is 37.4 Å². The maximum Gasteiger partial charge on any atom is 0.418 e. The molecular weight excluding hydrogens is 474 g/mol. The van der Waals surface area contributed by atoms with E-state index in [-0.39, 0.29) is 0 Å². The first kappa shape index (κ1) is 20.8. The van der Waals surface area contributed by atoms with Crippen LogP contribution in [0.4, 0.5) is 18.9 Å². The fourth-order valence-electron chi connectivity index (χ4n) is 5.81. The zero-order valence-corrected chi connectivity index (χ0v) is 18.2. The van der Waals surface area contributed by atoms with Crippen molar-refractivity contribution < 1.29 is 22.8 Å². The van der Waals surface area contributed by atoms with E-state index in [2.05, 4.69) is 0 Å². The number of para-hydroxylation sites is 1. The monoisotopic (exact) mass is 487 g/mol. The van der Waals surface area contributed by atoms with E-state index in [0.717, 1.165) is 12.1 Å². The predicted octanol–water partition coefficient (Wildman–Crippen LogP) is 5.80. The molecule has 1 aliphatic heterocycles. The van der Waals surface area contributed by atoms with Crippen molar-refractivity contribution in [3.05, 3.63) is 101 Å². The highest BCUT2D eigenvalue weighted by molar-refractivity contribution is 6.38. The molecule has 3 aliphatic carbocycles. The summed E-state index contributed by atoms with van der Waals surface area (Å²) < 4.78 is 41.3. The van der Waals surface area contributed by atoms with E-state index in [4.69, 9.17) is 23.2 Å². The third-order valence-corrected chi connectivity index (χ3v) is 8.32. The molecule has 0 aromatic heterocycles. The standard InChI is InChI=1S/C25H14Cl2F3NO2/c26-23-13-7-1-2-8-14(13)24(27,16-10-4-3-9-15(16)23)20-19(23)21(32)31(22(20)33)18-12-6-5-11-17(18)25(28,29)30/h1-12,19-20H/t19-,20+,23?,24?. The largest absolute Gasteiger partial charge is 0.418 e. The van der Waals surface area contributed by atoms with E-state index in [1.807, 2.05) is 0 Å². The molecular formula is C25H14Cl2F3NO2. The number of alkyl halides is 5. The van der Waals surface area contributed by atoms with Gasteiger partial charge in [0.05, 0.1) is 23.1 Å². The van der Waals surface area contributed by atoms with Crippen molar-refractivity contribution in [3.63, 3.8) is 0 Å². The number of imide groups is 1. The van der Waals surface area contributed by atoms with Crippen LogP contribution in [0.5, 0.6) is 0 Å². The molecule has 0 unspecified atom stereocenters. The van der Waals surface area contributed by atoms with Crippen molar-refractivity contribution in [3.8, 4) is 0 Å². The maximum atomic E-state index is 13.8. The van der Waals surface area contributed by atoms with Crippen LogP contribution in [-0.2, 0) is 25.5 Å². The maximum absolute atomic E-state index is 13.8. The van der Waals surface area contributed by atoms with Crippen molar-refractivity contribution in [2.24, 2.45) is 11.8 Å². The van der Waals surface area contributed by atoms with Gasteiger partial charge in [-0.25, -0.2) is 4.90 Å². The summed E-state index contributed by atoms with van der Waals surface area (Å²) in [7, 11) is 0. The van der Waals surface area contributed by atoms with Gasteiger partial charge in [-0.15, -0.1) is 23.2 Å². The predicted molar refractivity (Wildman–Crippen MR) is 117 cm³/mol. The molecule has 3 nitrogen and oxygen atoms in total. The van der Waals surface area contributed by atoms with Gasteiger partial charge in [0.25, 0.3) is 0 Å². The highest BCUT2D eigenvalue weighted by Crippen LogP contribution is 2.69. The van der Waals surface area contributed by atoms with Crippen LogP contribution in [0.1, 0.15) is 27.8 Å². The first-order chi connectivity index (χ1) is 15.6. The Morgan fingerprint density at radius 2 is 1.03 bits per heavy atom. The van der Waals surface area contributed by atoms with Gasteiger partial charge in [0.2, 0.25) is 11.8 Å². The van der Waals surface area contributed by atoms with E-state index in [1.54, 1.807) is 48.5 Å². The molecule has 0 radical (unpaired) electrons. The minimum Gasteiger partial charge on any atom is -0.274 e. The Morgan fingerprint density at radius 3 is 1.42 bits per heavy atom. The number of carbonyl (C=O) groups excluding carboxylic acids is 2. The van der Waals surface area contributed by atoms with E-state index in [9.17, 15) is 22.8 Å². The minimum absolute atomic E-state index is 0.512. The molecule has 1 fully saturated rings. The molecule has 0 N–H and O–H groups in total. The molecule has 0 spiro atoms. The summed E-state index contributed by atoms with van der Waals surface area (Å²) in [6, 6.07) is 18.6. The smallest absolute Gasteiger partial charge is 0.274 e. The summed E-state index contributed by atoms with van der Waals surface area (Å²) in [5.74, 6) is -3.89. The Hall–Kier alpha value is -2.83. The van der Waals surface area contributed by atoms with Crippen molar-refractivity contribution >= 4 is 40.7 Å². The summed E-state index contributed by atoms with van der Waals surface area (Å²) in [6.45, 7) is 0. The van der Waals surface area contributed by atoms with Crippen molar-refractivity contribution in [2.45, 2.75) is 15.9 Å². The number of benzene rings is 3. The van der Waals surface area contributed by atoms with Crippen LogP contribution in [0.2, 0.25) is 0 Å². The second kappa shape index (κ2) is 6.39. The second-order valence-electron chi connectivity index (χ2n) is 8.50. The number of halogens is 5. The third-order valence-electron chi connectivity index (χ3n) is 7.04. The average Bonchev–Trinajstić information content (AvgIpc) is 3.08. The quantitative estimate of drug-likeness (QED) is 0.321. The Morgan fingerprint density at radius 1 is 0.667 bits per heavy atom. The van der Waals surface area contributed by atoms with Gasteiger partial charge >= 0.3 is 6.18 Å². The molecule has 3 aromatic carbocycles. The molecule has 1 saturated heterocycles. The van der Waals surface area contributed by atoms with Crippen molar-refractivity contribution in [1.82, 2.24) is 0 Å². The lowest BCUT2D eigenvalue weighted by Crippen LogP contribution is -2.57. The molecule has 2 amide bonds. The van der Waals surface area contributed by atoms with Crippen LogP contribution in [0, 0.1) is 11.8 Å². The Kier molecular flexibility index (Phi) is 4.02. The lowest BCUT2D eigenvalue weighted by molar-refractivity contribution is -0.137. The number of amides is 2. The summed E-state index contributed by atoms with van der Waals surface area (Å²) in [5.41, 5.74) is 0.785. The minimum atomic E-state index is -4.76. The molecule has 3 aromatic rings. The molecule has 4 aliphatic rings. The second-order valence-corrected chi connectivity index (χ2v) is 9.69. The number of rotatable bonds is 1. The van der Waals surface area contributed by atoms with Gasteiger partial charge in [-0.1, -0.05) is 60.7 Å². The lowest BCUT2D eigenvalue weighted by atomic mass is 9.54. The normalized spacial score (nSPS) is 29.7. The number of hydrogen-bond acceptors (Lipinski definition) is 2. The Bertz CT molecular complexity index is 1250. The fourth-order valence-corrected chi connectivity index (χ4v) is 6.91.